The van der Waals surface area contributed by atoms with Gasteiger partial charge in [-0.3, -0.25) is 4.79 Å². The minimum absolute atomic E-state index is 0.0932. The van der Waals surface area contributed by atoms with Crippen molar-refractivity contribution in [1.82, 2.24) is 9.80 Å². The third kappa shape index (κ3) is 3.45. The van der Waals surface area contributed by atoms with E-state index < -0.39 is 0 Å². The Morgan fingerprint density at radius 1 is 1.33 bits per heavy atom. The maximum Gasteiger partial charge on any atom is 0.224 e. The lowest BCUT2D eigenvalue weighted by Gasteiger charge is -2.36. The summed E-state index contributed by atoms with van der Waals surface area (Å²) in [5.41, 5.74) is 6.04. The molecule has 1 heterocycles. The summed E-state index contributed by atoms with van der Waals surface area (Å²) in [6, 6.07) is 0.516. The number of likely N-dealkylation sites (tertiary alicyclic amines) is 1. The topological polar surface area (TPSA) is 49.6 Å². The highest BCUT2D eigenvalue weighted by atomic mass is 16.2. The average Bonchev–Trinajstić information content (AvgIpc) is 3.22. The second-order valence-corrected chi connectivity index (χ2v) is 5.88. The van der Waals surface area contributed by atoms with Crippen LogP contribution in [0, 0.1) is 5.92 Å². The van der Waals surface area contributed by atoms with Crippen molar-refractivity contribution in [3.8, 4) is 0 Å². The van der Waals surface area contributed by atoms with E-state index in [4.69, 9.17) is 5.73 Å². The van der Waals surface area contributed by atoms with Crippen molar-refractivity contribution in [3.63, 3.8) is 0 Å². The van der Waals surface area contributed by atoms with E-state index in [1.807, 2.05) is 11.9 Å². The van der Waals surface area contributed by atoms with Crippen molar-refractivity contribution in [2.75, 3.05) is 26.7 Å². The monoisotopic (exact) mass is 253 g/mol. The van der Waals surface area contributed by atoms with Gasteiger partial charge in [0.25, 0.3) is 0 Å². The molecule has 4 heteroatoms. The number of rotatable bonds is 5. The molecule has 2 N–H and O–H groups in total. The minimum Gasteiger partial charge on any atom is -0.343 e. The molecule has 2 fully saturated rings. The molecule has 1 aliphatic heterocycles. The summed E-state index contributed by atoms with van der Waals surface area (Å²) in [5.74, 6) is 0.855. The van der Waals surface area contributed by atoms with E-state index in [1.165, 1.54) is 12.8 Å². The van der Waals surface area contributed by atoms with Crippen LogP contribution in [0.1, 0.15) is 39.0 Å². The van der Waals surface area contributed by atoms with Gasteiger partial charge in [-0.25, -0.2) is 0 Å². The fraction of sp³-hybridized carbons (Fsp3) is 0.929. The Morgan fingerprint density at radius 2 is 1.94 bits per heavy atom. The second kappa shape index (κ2) is 6.02. The molecule has 0 bridgehead atoms. The molecule has 1 saturated carbocycles. The molecule has 1 atom stereocenters. The quantitative estimate of drug-likeness (QED) is 0.797. The van der Waals surface area contributed by atoms with Crippen LogP contribution in [-0.4, -0.2) is 54.5 Å². The first-order valence-electron chi connectivity index (χ1n) is 7.35. The summed E-state index contributed by atoms with van der Waals surface area (Å²) in [5, 5.41) is 0. The van der Waals surface area contributed by atoms with Gasteiger partial charge >= 0.3 is 0 Å². The smallest absolute Gasteiger partial charge is 0.224 e. The van der Waals surface area contributed by atoms with E-state index in [2.05, 4.69) is 11.8 Å². The first-order valence-corrected chi connectivity index (χ1v) is 7.35. The standard InChI is InChI=1S/C14H27N3O/c1-3-17-8-6-12(7-9-17)16(2)14(18)10-13(15)11-4-5-11/h11-13H,3-10,15H2,1-2H3. The van der Waals surface area contributed by atoms with Crippen LogP contribution in [0.15, 0.2) is 0 Å². The van der Waals surface area contributed by atoms with Crippen LogP contribution in [0.25, 0.3) is 0 Å². The molecule has 0 spiro atoms. The molecule has 104 valence electrons. The third-order valence-corrected chi connectivity index (χ3v) is 4.58. The van der Waals surface area contributed by atoms with E-state index in [0.29, 0.717) is 18.4 Å². The van der Waals surface area contributed by atoms with Crippen LogP contribution in [0.5, 0.6) is 0 Å². The summed E-state index contributed by atoms with van der Waals surface area (Å²) < 4.78 is 0. The number of carbonyl (C=O) groups excluding carboxylic acids is 1. The second-order valence-electron chi connectivity index (χ2n) is 5.88. The van der Waals surface area contributed by atoms with Gasteiger partial charge in [0.15, 0.2) is 0 Å². The minimum atomic E-state index is 0.0932. The molecular formula is C14H27N3O. The van der Waals surface area contributed by atoms with Gasteiger partial charge in [-0.1, -0.05) is 6.92 Å². The van der Waals surface area contributed by atoms with Crippen LogP contribution in [0.3, 0.4) is 0 Å². The number of amides is 1. The number of hydrogen-bond acceptors (Lipinski definition) is 3. The average molecular weight is 253 g/mol. The summed E-state index contributed by atoms with van der Waals surface area (Å²) in [6.45, 7) is 5.56. The molecule has 1 amide bonds. The van der Waals surface area contributed by atoms with Crippen LogP contribution in [0.4, 0.5) is 0 Å². The molecule has 18 heavy (non-hydrogen) atoms. The first-order chi connectivity index (χ1) is 8.61. The maximum absolute atomic E-state index is 12.2. The van der Waals surface area contributed by atoms with Crippen molar-refractivity contribution in [1.29, 1.82) is 0 Å². The van der Waals surface area contributed by atoms with E-state index >= 15 is 0 Å². The summed E-state index contributed by atoms with van der Waals surface area (Å²) >= 11 is 0. The number of nitrogens with two attached hydrogens (primary N) is 1. The van der Waals surface area contributed by atoms with Gasteiger partial charge < -0.3 is 15.5 Å². The predicted octanol–water partition coefficient (Wildman–Crippen LogP) is 1.06. The van der Waals surface area contributed by atoms with Crippen LogP contribution < -0.4 is 5.73 Å². The van der Waals surface area contributed by atoms with E-state index in [9.17, 15) is 4.79 Å². The Hall–Kier alpha value is -0.610. The molecule has 4 nitrogen and oxygen atoms in total. The Bertz CT molecular complexity index is 283. The van der Waals surface area contributed by atoms with E-state index in [1.54, 1.807) is 0 Å². The highest BCUT2D eigenvalue weighted by Gasteiger charge is 2.32. The largest absolute Gasteiger partial charge is 0.343 e. The zero-order chi connectivity index (χ0) is 13.1. The SMILES string of the molecule is CCN1CCC(N(C)C(=O)CC(N)C2CC2)CC1. The Kier molecular flexibility index (Phi) is 4.62. The third-order valence-electron chi connectivity index (χ3n) is 4.58. The lowest BCUT2D eigenvalue weighted by molar-refractivity contribution is -0.133. The number of piperidine rings is 1. The summed E-state index contributed by atoms with van der Waals surface area (Å²) in [7, 11) is 1.95. The van der Waals surface area contributed by atoms with Crippen molar-refractivity contribution >= 4 is 5.91 Å². The zero-order valence-electron chi connectivity index (χ0n) is 11.8. The fourth-order valence-corrected chi connectivity index (χ4v) is 2.86. The number of carbonyl (C=O) groups is 1. The van der Waals surface area contributed by atoms with Gasteiger partial charge in [-0.2, -0.15) is 0 Å². The number of nitrogens with zero attached hydrogens (tertiary/aromatic N) is 2. The van der Waals surface area contributed by atoms with Crippen molar-refractivity contribution < 1.29 is 4.79 Å². The Labute approximate surface area is 110 Å². The van der Waals surface area contributed by atoms with Gasteiger partial charge in [0.2, 0.25) is 5.91 Å². The molecule has 0 aromatic heterocycles. The van der Waals surface area contributed by atoms with Gasteiger partial charge in [0.1, 0.15) is 0 Å². The van der Waals surface area contributed by atoms with Crippen LogP contribution in [-0.2, 0) is 4.79 Å². The molecular weight excluding hydrogens is 226 g/mol. The predicted molar refractivity (Wildman–Crippen MR) is 73.2 cm³/mol. The molecule has 0 aromatic carbocycles. The maximum atomic E-state index is 12.2. The molecule has 0 aromatic rings. The summed E-state index contributed by atoms with van der Waals surface area (Å²) in [6.07, 6.45) is 5.18. The molecule has 2 rings (SSSR count). The van der Waals surface area contributed by atoms with E-state index in [-0.39, 0.29) is 11.9 Å². The van der Waals surface area contributed by atoms with Gasteiger partial charge in [-0.15, -0.1) is 0 Å². The molecule has 1 saturated heterocycles. The molecule has 1 aliphatic carbocycles. The Morgan fingerprint density at radius 3 is 2.44 bits per heavy atom. The fourth-order valence-electron chi connectivity index (χ4n) is 2.86. The van der Waals surface area contributed by atoms with Crippen molar-refractivity contribution in [2.45, 2.75) is 51.1 Å². The van der Waals surface area contributed by atoms with Gasteiger partial charge in [-0.05, 0) is 38.1 Å². The first kappa shape index (κ1) is 13.8. The number of hydrogen-bond donors (Lipinski definition) is 1. The van der Waals surface area contributed by atoms with Gasteiger partial charge in [0, 0.05) is 38.6 Å². The van der Waals surface area contributed by atoms with Crippen molar-refractivity contribution in [3.05, 3.63) is 0 Å². The lowest BCUT2D eigenvalue weighted by Crippen LogP contribution is -2.46. The van der Waals surface area contributed by atoms with E-state index in [0.717, 1.165) is 32.5 Å². The van der Waals surface area contributed by atoms with Gasteiger partial charge in [0.05, 0.1) is 0 Å². The molecule has 0 radical (unpaired) electrons. The summed E-state index contributed by atoms with van der Waals surface area (Å²) in [4.78, 5) is 16.6. The normalized spacial score (nSPS) is 23.9. The highest BCUT2D eigenvalue weighted by Crippen LogP contribution is 2.33. The van der Waals surface area contributed by atoms with Crippen molar-refractivity contribution in [2.24, 2.45) is 11.7 Å². The Balaban J connectivity index is 1.75. The van der Waals surface area contributed by atoms with Crippen LogP contribution >= 0.6 is 0 Å². The lowest BCUT2D eigenvalue weighted by atomic mass is 10.0. The molecule has 1 unspecified atom stereocenters. The molecule has 2 aliphatic rings. The van der Waals surface area contributed by atoms with Crippen LogP contribution in [0.2, 0.25) is 0 Å². The highest BCUT2D eigenvalue weighted by molar-refractivity contribution is 5.77. The zero-order valence-corrected chi connectivity index (χ0v) is 11.8.